The van der Waals surface area contributed by atoms with Crippen molar-refractivity contribution in [1.82, 2.24) is 14.5 Å². The van der Waals surface area contributed by atoms with E-state index < -0.39 is 11.8 Å². The third kappa shape index (κ3) is 6.00. The van der Waals surface area contributed by atoms with E-state index in [0.29, 0.717) is 61.3 Å². The Morgan fingerprint density at radius 1 is 1.05 bits per heavy atom. The Labute approximate surface area is 240 Å². The highest BCUT2D eigenvalue weighted by molar-refractivity contribution is 6.30. The summed E-state index contributed by atoms with van der Waals surface area (Å²) in [7, 11) is 0. The molecule has 6 rings (SSSR count). The van der Waals surface area contributed by atoms with Crippen LogP contribution in [0.25, 0.3) is 11.0 Å². The molecule has 8 nitrogen and oxygen atoms in total. The van der Waals surface area contributed by atoms with Gasteiger partial charge in [0.25, 0.3) is 0 Å². The highest BCUT2D eigenvalue weighted by atomic mass is 35.5. The van der Waals surface area contributed by atoms with Crippen molar-refractivity contribution in [2.45, 2.75) is 32.2 Å². The van der Waals surface area contributed by atoms with E-state index in [9.17, 15) is 18.7 Å². The molecule has 41 heavy (non-hydrogen) atoms. The molecule has 2 aliphatic rings. The summed E-state index contributed by atoms with van der Waals surface area (Å²) in [5.74, 6) is -0.476. The van der Waals surface area contributed by atoms with Gasteiger partial charge in [0.15, 0.2) is 0 Å². The summed E-state index contributed by atoms with van der Waals surface area (Å²) >= 11 is 5.82. The predicted molar refractivity (Wildman–Crippen MR) is 151 cm³/mol. The summed E-state index contributed by atoms with van der Waals surface area (Å²) < 4.78 is 42.5. The van der Waals surface area contributed by atoms with Crippen LogP contribution in [0.2, 0.25) is 5.02 Å². The van der Waals surface area contributed by atoms with Gasteiger partial charge in [-0.25, -0.2) is 18.6 Å². The number of imidazole rings is 1. The lowest BCUT2D eigenvalue weighted by Crippen LogP contribution is -2.46. The van der Waals surface area contributed by atoms with Crippen molar-refractivity contribution in [1.29, 1.82) is 0 Å². The third-order valence-electron chi connectivity index (χ3n) is 7.66. The fraction of sp³-hybridized carbons (Fsp3) is 0.333. The molecule has 2 aliphatic heterocycles. The van der Waals surface area contributed by atoms with Crippen LogP contribution in [0.5, 0.6) is 5.75 Å². The summed E-state index contributed by atoms with van der Waals surface area (Å²) in [6, 6.07) is 13.9. The number of fused-ring (bicyclic) bond motifs is 1. The van der Waals surface area contributed by atoms with Crippen LogP contribution < -0.4 is 9.64 Å². The van der Waals surface area contributed by atoms with Gasteiger partial charge in [-0.3, -0.25) is 4.90 Å². The van der Waals surface area contributed by atoms with Crippen LogP contribution in [0.15, 0.2) is 54.6 Å². The largest absolute Gasteiger partial charge is 0.489 e. The lowest BCUT2D eigenvalue weighted by atomic mass is 10.1. The molecule has 0 bridgehead atoms. The second kappa shape index (κ2) is 11.6. The number of aromatic nitrogens is 2. The van der Waals surface area contributed by atoms with Gasteiger partial charge in [-0.15, -0.1) is 0 Å². The minimum Gasteiger partial charge on any atom is -0.489 e. The number of aromatic carboxylic acids is 1. The molecule has 1 unspecified atom stereocenters. The Morgan fingerprint density at radius 2 is 1.85 bits per heavy atom. The molecule has 1 N–H and O–H groups in total. The van der Waals surface area contributed by atoms with E-state index in [2.05, 4.69) is 9.47 Å². The number of nitrogens with zero attached hydrogens (tertiary/aromatic N) is 4. The summed E-state index contributed by atoms with van der Waals surface area (Å²) in [5.41, 5.74) is 2.56. The zero-order valence-corrected chi connectivity index (χ0v) is 23.0. The quantitative estimate of drug-likeness (QED) is 0.285. The minimum absolute atomic E-state index is 0.00269. The van der Waals surface area contributed by atoms with E-state index in [1.165, 1.54) is 18.2 Å². The number of ether oxygens (including phenoxy) is 2. The van der Waals surface area contributed by atoms with Crippen LogP contribution >= 0.6 is 11.6 Å². The maximum atomic E-state index is 14.8. The number of piperazine rings is 1. The van der Waals surface area contributed by atoms with Crippen molar-refractivity contribution < 1.29 is 28.2 Å². The molecule has 0 radical (unpaired) electrons. The van der Waals surface area contributed by atoms with Gasteiger partial charge in [0, 0.05) is 49.4 Å². The fourth-order valence-electron chi connectivity index (χ4n) is 5.23. The van der Waals surface area contributed by atoms with E-state index in [0.717, 1.165) is 29.9 Å². The molecule has 0 amide bonds. The van der Waals surface area contributed by atoms with Crippen LogP contribution in [0, 0.1) is 11.6 Å². The number of halogens is 3. The normalized spacial score (nSPS) is 17.5. The Balaban J connectivity index is 1.13. The van der Waals surface area contributed by atoms with Crippen molar-refractivity contribution in [2.75, 3.05) is 37.7 Å². The van der Waals surface area contributed by atoms with E-state index in [4.69, 9.17) is 26.1 Å². The first-order chi connectivity index (χ1) is 19.8. The molecule has 1 atom stereocenters. The van der Waals surface area contributed by atoms with E-state index in [-0.39, 0.29) is 24.1 Å². The molecule has 0 aliphatic carbocycles. The maximum Gasteiger partial charge on any atom is 0.335 e. The van der Waals surface area contributed by atoms with Crippen molar-refractivity contribution in [3.63, 3.8) is 0 Å². The average molecular weight is 583 g/mol. The fourth-order valence-corrected chi connectivity index (χ4v) is 5.39. The van der Waals surface area contributed by atoms with Gasteiger partial charge in [-0.05, 0) is 48.9 Å². The maximum absolute atomic E-state index is 14.8. The van der Waals surface area contributed by atoms with Gasteiger partial charge in [0.1, 0.15) is 29.8 Å². The smallest absolute Gasteiger partial charge is 0.335 e. The lowest BCUT2D eigenvalue weighted by molar-refractivity contribution is -0.0592. The van der Waals surface area contributed by atoms with Crippen LogP contribution in [0.4, 0.5) is 14.5 Å². The van der Waals surface area contributed by atoms with Gasteiger partial charge < -0.3 is 24.0 Å². The van der Waals surface area contributed by atoms with Gasteiger partial charge in [0.05, 0.1) is 41.5 Å². The molecular formula is C30H29ClF2N4O4. The molecule has 3 aromatic carbocycles. The van der Waals surface area contributed by atoms with Crippen molar-refractivity contribution in [2.24, 2.45) is 0 Å². The molecule has 2 saturated heterocycles. The van der Waals surface area contributed by atoms with Crippen LogP contribution in [-0.4, -0.2) is 64.4 Å². The molecule has 0 spiro atoms. The lowest BCUT2D eigenvalue weighted by Gasteiger charge is -2.36. The first kappa shape index (κ1) is 27.4. The summed E-state index contributed by atoms with van der Waals surface area (Å²) in [6.07, 6.45) is 1.05. The Hall–Kier alpha value is -3.73. The predicted octanol–water partition coefficient (Wildman–Crippen LogP) is 5.36. The molecule has 214 valence electrons. The highest BCUT2D eigenvalue weighted by Crippen LogP contribution is 2.28. The highest BCUT2D eigenvalue weighted by Gasteiger charge is 2.25. The molecule has 0 saturated carbocycles. The van der Waals surface area contributed by atoms with Crippen LogP contribution in [-0.2, 0) is 24.4 Å². The summed E-state index contributed by atoms with van der Waals surface area (Å²) in [6.45, 7) is 4.50. The van der Waals surface area contributed by atoms with Gasteiger partial charge >= 0.3 is 5.97 Å². The number of hydrogen-bond acceptors (Lipinski definition) is 6. The second-order valence-corrected chi connectivity index (χ2v) is 10.8. The van der Waals surface area contributed by atoms with E-state index in [1.807, 2.05) is 4.90 Å². The SMILES string of the molecule is O=C(O)c1ccc2nc(CN3CCN(c4cc(OCc5ccc(Cl)cc5F)ccc4F)CC3)n(CC3CCO3)c2c1. The first-order valence-electron chi connectivity index (χ1n) is 13.5. The molecule has 1 aromatic heterocycles. The zero-order valence-electron chi connectivity index (χ0n) is 22.2. The van der Waals surface area contributed by atoms with Crippen molar-refractivity contribution in [3.05, 3.63) is 88.2 Å². The molecule has 11 heteroatoms. The monoisotopic (exact) mass is 582 g/mol. The number of carbonyl (C=O) groups is 1. The van der Waals surface area contributed by atoms with Crippen molar-refractivity contribution in [3.8, 4) is 5.75 Å². The number of anilines is 1. The summed E-state index contributed by atoms with van der Waals surface area (Å²) in [4.78, 5) is 20.6. The summed E-state index contributed by atoms with van der Waals surface area (Å²) in [5, 5.41) is 9.79. The van der Waals surface area contributed by atoms with Gasteiger partial charge in [0.2, 0.25) is 0 Å². The second-order valence-electron chi connectivity index (χ2n) is 10.3. The first-order valence-corrected chi connectivity index (χ1v) is 13.9. The molecule has 3 heterocycles. The van der Waals surface area contributed by atoms with Gasteiger partial charge in [-0.1, -0.05) is 17.7 Å². The van der Waals surface area contributed by atoms with Crippen LogP contribution in [0.1, 0.15) is 28.2 Å². The number of carboxylic acids is 1. The van der Waals surface area contributed by atoms with E-state index >= 15 is 0 Å². The topological polar surface area (TPSA) is 80.1 Å². The van der Waals surface area contributed by atoms with Gasteiger partial charge in [-0.2, -0.15) is 0 Å². The number of hydrogen-bond donors (Lipinski definition) is 1. The Morgan fingerprint density at radius 3 is 2.56 bits per heavy atom. The molecule has 2 fully saturated rings. The average Bonchev–Trinajstić information content (AvgIpc) is 3.27. The molecule has 4 aromatic rings. The van der Waals surface area contributed by atoms with E-state index in [1.54, 1.807) is 36.4 Å². The van der Waals surface area contributed by atoms with Crippen molar-refractivity contribution >= 4 is 34.3 Å². The minimum atomic E-state index is -0.976. The number of benzene rings is 3. The number of carboxylic acid groups (broad SMARTS) is 1. The zero-order chi connectivity index (χ0) is 28.5. The standard InChI is InChI=1S/C30H29ClF2N4O4/c31-21-3-1-20(25(33)14-21)18-41-22-4-5-24(32)27(15-22)36-10-8-35(9-11-36)17-29-34-26-6-2-19(30(38)39)13-28(26)37(29)16-23-7-12-40-23/h1-6,13-15,23H,7-12,16-18H2,(H,38,39). The Bertz CT molecular complexity index is 1580. The van der Waals surface area contributed by atoms with Crippen LogP contribution in [0.3, 0.4) is 0 Å². The Kier molecular flexibility index (Phi) is 7.79. The molecular weight excluding hydrogens is 554 g/mol. The number of rotatable bonds is 9. The third-order valence-corrected chi connectivity index (χ3v) is 7.89.